The van der Waals surface area contributed by atoms with Crippen LogP contribution in [-0.2, 0) is 4.74 Å². The lowest BCUT2D eigenvalue weighted by molar-refractivity contribution is 0.0601. The van der Waals surface area contributed by atoms with Crippen molar-refractivity contribution in [3.05, 3.63) is 21.9 Å². The monoisotopic (exact) mass is 262 g/mol. The lowest BCUT2D eigenvalue weighted by atomic mass is 10.1. The smallest absolute Gasteiger partial charge is 0.340 e. The van der Waals surface area contributed by atoms with Crippen molar-refractivity contribution in [2.75, 3.05) is 18.6 Å². The van der Waals surface area contributed by atoms with Crippen LogP contribution in [0.5, 0.6) is 0 Å². The quantitative estimate of drug-likeness (QED) is 0.595. The Balaban J connectivity index is 3.40. The Labute approximate surface area is 88.1 Å². The predicted octanol–water partition coefficient (Wildman–Crippen LogP) is 1.54. The molecule has 0 aliphatic carbocycles. The van der Waals surface area contributed by atoms with E-state index in [4.69, 9.17) is 11.5 Å². The van der Waals surface area contributed by atoms with Crippen LogP contribution >= 0.6 is 15.9 Å². The van der Waals surface area contributed by atoms with Crippen molar-refractivity contribution in [2.45, 2.75) is 0 Å². The SMILES string of the molecule is COC(=O)c1cc(F)c(Br)c(N)c1N. The molecule has 6 heteroatoms. The molecular formula is C8H8BrFN2O2. The highest BCUT2D eigenvalue weighted by Gasteiger charge is 2.17. The fourth-order valence-corrected chi connectivity index (χ4v) is 1.27. The summed E-state index contributed by atoms with van der Waals surface area (Å²) in [7, 11) is 1.18. The van der Waals surface area contributed by atoms with Crippen molar-refractivity contribution in [2.24, 2.45) is 0 Å². The Hall–Kier alpha value is -1.30. The second-order valence-electron chi connectivity index (χ2n) is 2.54. The van der Waals surface area contributed by atoms with Gasteiger partial charge in [0.25, 0.3) is 0 Å². The number of hydrogen-bond acceptors (Lipinski definition) is 4. The number of anilines is 2. The summed E-state index contributed by atoms with van der Waals surface area (Å²) in [6.45, 7) is 0. The number of rotatable bonds is 1. The fraction of sp³-hybridized carbons (Fsp3) is 0.125. The Morgan fingerprint density at radius 3 is 2.57 bits per heavy atom. The summed E-state index contributed by atoms with van der Waals surface area (Å²) >= 11 is 2.90. The van der Waals surface area contributed by atoms with Gasteiger partial charge in [-0.2, -0.15) is 0 Å². The molecule has 1 rings (SSSR count). The van der Waals surface area contributed by atoms with Crippen LogP contribution in [0.2, 0.25) is 0 Å². The van der Waals surface area contributed by atoms with E-state index in [1.165, 1.54) is 7.11 Å². The second kappa shape index (κ2) is 3.83. The van der Waals surface area contributed by atoms with Crippen LogP contribution in [0.25, 0.3) is 0 Å². The molecule has 0 bridgehead atoms. The third-order valence-electron chi connectivity index (χ3n) is 1.70. The average molecular weight is 263 g/mol. The number of ether oxygens (including phenoxy) is 1. The molecule has 0 aliphatic heterocycles. The maximum atomic E-state index is 13.1. The number of nitrogen functional groups attached to an aromatic ring is 2. The number of carbonyl (C=O) groups excluding carboxylic acids is 1. The van der Waals surface area contributed by atoms with Gasteiger partial charge in [0.1, 0.15) is 5.82 Å². The molecule has 0 aliphatic rings. The molecule has 0 radical (unpaired) electrons. The topological polar surface area (TPSA) is 78.3 Å². The maximum absolute atomic E-state index is 13.1. The van der Waals surface area contributed by atoms with Gasteiger partial charge < -0.3 is 16.2 Å². The van der Waals surface area contributed by atoms with Gasteiger partial charge in [0, 0.05) is 0 Å². The standard InChI is InChI=1S/C8H8BrFN2O2/c1-14-8(13)3-2-4(10)5(9)7(12)6(3)11/h2H,11-12H2,1H3. The molecule has 14 heavy (non-hydrogen) atoms. The largest absolute Gasteiger partial charge is 0.465 e. The van der Waals surface area contributed by atoms with Crippen LogP contribution in [0.3, 0.4) is 0 Å². The van der Waals surface area contributed by atoms with E-state index >= 15 is 0 Å². The predicted molar refractivity (Wildman–Crippen MR) is 54.3 cm³/mol. The van der Waals surface area contributed by atoms with E-state index in [1.54, 1.807) is 0 Å². The Morgan fingerprint density at radius 1 is 1.50 bits per heavy atom. The van der Waals surface area contributed by atoms with Crippen LogP contribution in [0, 0.1) is 5.82 Å². The summed E-state index contributed by atoms with van der Waals surface area (Å²) in [5.74, 6) is -1.38. The van der Waals surface area contributed by atoms with Crippen molar-refractivity contribution >= 4 is 33.3 Å². The zero-order valence-corrected chi connectivity index (χ0v) is 8.89. The van der Waals surface area contributed by atoms with Crippen LogP contribution in [0.15, 0.2) is 10.5 Å². The summed E-state index contributed by atoms with van der Waals surface area (Å²) in [6.07, 6.45) is 0. The number of carbonyl (C=O) groups is 1. The number of esters is 1. The van der Waals surface area contributed by atoms with E-state index in [-0.39, 0.29) is 21.4 Å². The highest BCUT2D eigenvalue weighted by atomic mass is 79.9. The van der Waals surface area contributed by atoms with Gasteiger partial charge in [0.15, 0.2) is 0 Å². The maximum Gasteiger partial charge on any atom is 0.340 e. The van der Waals surface area contributed by atoms with E-state index in [2.05, 4.69) is 20.7 Å². The Morgan fingerprint density at radius 2 is 2.07 bits per heavy atom. The van der Waals surface area contributed by atoms with Crippen molar-refractivity contribution in [1.29, 1.82) is 0 Å². The Bertz CT molecular complexity index is 395. The van der Waals surface area contributed by atoms with E-state index in [0.717, 1.165) is 6.07 Å². The van der Waals surface area contributed by atoms with E-state index < -0.39 is 11.8 Å². The molecule has 0 heterocycles. The molecule has 0 saturated heterocycles. The molecule has 0 amide bonds. The molecule has 1 aromatic carbocycles. The molecule has 0 saturated carbocycles. The third kappa shape index (κ3) is 1.65. The molecule has 0 spiro atoms. The molecule has 4 nitrogen and oxygen atoms in total. The molecule has 0 unspecified atom stereocenters. The lowest BCUT2D eigenvalue weighted by Crippen LogP contribution is -2.09. The third-order valence-corrected chi connectivity index (χ3v) is 2.51. The van der Waals surface area contributed by atoms with Crippen LogP contribution in [0.1, 0.15) is 10.4 Å². The average Bonchev–Trinajstić information content (AvgIpc) is 2.19. The first-order chi connectivity index (χ1) is 6.49. The number of halogens is 2. The van der Waals surface area contributed by atoms with Gasteiger partial charge in [0.2, 0.25) is 0 Å². The van der Waals surface area contributed by atoms with Gasteiger partial charge in [-0.1, -0.05) is 0 Å². The summed E-state index contributed by atoms with van der Waals surface area (Å²) in [6, 6.07) is 0.974. The van der Waals surface area contributed by atoms with Gasteiger partial charge in [-0.3, -0.25) is 0 Å². The van der Waals surface area contributed by atoms with Crippen LogP contribution < -0.4 is 11.5 Å². The first-order valence-corrected chi connectivity index (χ1v) is 4.39. The summed E-state index contributed by atoms with van der Waals surface area (Å²) in [4.78, 5) is 11.1. The fourth-order valence-electron chi connectivity index (χ4n) is 0.939. The zero-order chi connectivity index (χ0) is 10.9. The second-order valence-corrected chi connectivity index (χ2v) is 3.33. The van der Waals surface area contributed by atoms with Gasteiger partial charge in [-0.25, -0.2) is 9.18 Å². The molecule has 0 fully saturated rings. The van der Waals surface area contributed by atoms with E-state index in [1.807, 2.05) is 0 Å². The van der Waals surface area contributed by atoms with Crippen molar-refractivity contribution in [3.63, 3.8) is 0 Å². The van der Waals surface area contributed by atoms with Crippen molar-refractivity contribution in [1.82, 2.24) is 0 Å². The minimum atomic E-state index is -0.722. The van der Waals surface area contributed by atoms with Gasteiger partial charge in [0.05, 0.1) is 28.5 Å². The molecule has 1 aromatic rings. The molecule has 0 aromatic heterocycles. The minimum Gasteiger partial charge on any atom is -0.465 e. The molecule has 0 atom stereocenters. The normalized spacial score (nSPS) is 9.93. The number of hydrogen-bond donors (Lipinski definition) is 2. The van der Waals surface area contributed by atoms with E-state index in [0.29, 0.717) is 0 Å². The number of nitrogens with two attached hydrogens (primary N) is 2. The molecular weight excluding hydrogens is 255 g/mol. The minimum absolute atomic E-state index is 0.00475. The van der Waals surface area contributed by atoms with Crippen molar-refractivity contribution in [3.8, 4) is 0 Å². The van der Waals surface area contributed by atoms with Crippen LogP contribution in [0.4, 0.5) is 15.8 Å². The number of methoxy groups -OCH3 is 1. The highest BCUT2D eigenvalue weighted by Crippen LogP contribution is 2.31. The summed E-state index contributed by atoms with van der Waals surface area (Å²) in [5.41, 5.74) is 10.9. The molecule has 76 valence electrons. The first kappa shape index (κ1) is 10.8. The number of benzene rings is 1. The zero-order valence-electron chi connectivity index (χ0n) is 7.30. The lowest BCUT2D eigenvalue weighted by Gasteiger charge is -2.08. The van der Waals surface area contributed by atoms with E-state index in [9.17, 15) is 9.18 Å². The van der Waals surface area contributed by atoms with Crippen molar-refractivity contribution < 1.29 is 13.9 Å². The van der Waals surface area contributed by atoms with Crippen LogP contribution in [-0.4, -0.2) is 13.1 Å². The van der Waals surface area contributed by atoms with Gasteiger partial charge in [-0.05, 0) is 22.0 Å². The Kier molecular flexibility index (Phi) is 2.95. The van der Waals surface area contributed by atoms with Gasteiger partial charge >= 0.3 is 5.97 Å². The summed E-state index contributed by atoms with van der Waals surface area (Å²) < 4.78 is 17.6. The first-order valence-electron chi connectivity index (χ1n) is 3.60. The summed E-state index contributed by atoms with van der Waals surface area (Å²) in [5, 5.41) is 0. The molecule has 4 N–H and O–H groups in total. The van der Waals surface area contributed by atoms with Gasteiger partial charge in [-0.15, -0.1) is 0 Å². The highest BCUT2D eigenvalue weighted by molar-refractivity contribution is 9.10.